The topological polar surface area (TPSA) is 90.3 Å². The number of hydrogen-bond donors (Lipinski definition) is 0. The van der Waals surface area contributed by atoms with Crippen LogP contribution in [0.25, 0.3) is 66.8 Å². The molecule has 16 aromatic rings. The fraction of sp³-hybridized carbons (Fsp3) is 0.0120. The van der Waals surface area contributed by atoms with E-state index in [0.717, 1.165) is 135 Å². The molecule has 474 valence electrons. The Labute approximate surface area is 592 Å². The van der Waals surface area contributed by atoms with Crippen LogP contribution in [0.3, 0.4) is 0 Å². The number of alkyl halides is 3. The molecule has 0 spiro atoms. The predicted octanol–water partition coefficient (Wildman–Crippen LogP) is 24.7. The van der Waals surface area contributed by atoms with Crippen molar-refractivity contribution in [1.29, 1.82) is 0 Å². The van der Waals surface area contributed by atoms with Crippen LogP contribution >= 0.6 is 58.3 Å². The van der Waals surface area contributed by atoms with Gasteiger partial charge in [0.2, 0.25) is 0 Å². The Balaban J connectivity index is 0.000000159. The van der Waals surface area contributed by atoms with Crippen molar-refractivity contribution in [1.82, 2.24) is 27.5 Å². The normalized spacial score (nSPS) is 10.9. The molecule has 0 unspecified atom stereocenters. The molecule has 0 aliphatic carbocycles. The van der Waals surface area contributed by atoms with Crippen molar-refractivity contribution in [2.45, 2.75) is 4.30 Å². The van der Waals surface area contributed by atoms with E-state index in [1.807, 2.05) is 60.9 Å². The molecule has 0 amide bonds. The molecule has 0 saturated carbocycles. The van der Waals surface area contributed by atoms with Crippen LogP contribution in [0.2, 0.25) is 0 Å². The molecule has 4 aromatic heterocycles. The van der Waals surface area contributed by atoms with Crippen molar-refractivity contribution >= 4 is 149 Å². The molecule has 0 aliphatic heterocycles. The molecule has 0 radical (unpaired) electrons. The zero-order chi connectivity index (χ0) is 66.4. The molecule has 10 nitrogen and oxygen atoms in total. The van der Waals surface area contributed by atoms with Crippen LogP contribution in [0.1, 0.15) is 0 Å². The van der Waals surface area contributed by atoms with E-state index in [2.05, 4.69) is 311 Å². The Morgan fingerprint density at radius 1 is 0.214 bits per heavy atom. The third kappa shape index (κ3) is 14.4. The van der Waals surface area contributed by atoms with Gasteiger partial charge in [-0.25, -0.2) is 0 Å². The minimum absolute atomic E-state index is 0.750. The number of benzene rings is 12. The van der Waals surface area contributed by atoms with Crippen molar-refractivity contribution in [3.05, 3.63) is 352 Å². The summed E-state index contributed by atoms with van der Waals surface area (Å²) in [6.07, 6.45) is 3.85. The van der Waals surface area contributed by atoms with Crippen molar-refractivity contribution < 1.29 is 0 Å². The number of hydrogen-bond acceptors (Lipinski definition) is 12. The van der Waals surface area contributed by atoms with Crippen LogP contribution < -0.4 is 19.6 Å². The van der Waals surface area contributed by atoms with E-state index < -0.39 is 4.30 Å². The minimum atomic E-state index is -0.750. The summed E-state index contributed by atoms with van der Waals surface area (Å²) in [6, 6.07) is 118. The molecule has 0 fully saturated rings. The highest BCUT2D eigenvalue weighted by atomic mass is 35.6. The lowest BCUT2D eigenvalue weighted by atomic mass is 10.0. The van der Waals surface area contributed by atoms with Crippen LogP contribution in [-0.2, 0) is 0 Å². The summed E-state index contributed by atoms with van der Waals surface area (Å²) in [5, 5.41) is 0. The van der Waals surface area contributed by atoms with E-state index >= 15 is 0 Å². The second kappa shape index (κ2) is 30.6. The van der Waals surface area contributed by atoms with Gasteiger partial charge in [0.15, 0.2) is 4.30 Å². The fourth-order valence-electron chi connectivity index (χ4n) is 11.9. The van der Waals surface area contributed by atoms with Crippen molar-refractivity contribution in [3.63, 3.8) is 0 Å². The van der Waals surface area contributed by atoms with Gasteiger partial charge in [0, 0.05) is 103 Å². The third-order valence-electron chi connectivity index (χ3n) is 16.4. The maximum atomic E-state index is 4.95. The lowest BCUT2D eigenvalue weighted by Crippen LogP contribution is -2.09. The highest BCUT2D eigenvalue weighted by Gasteiger charge is 2.21. The monoisotopic (exact) mass is 1360 g/mol. The van der Waals surface area contributed by atoms with Crippen LogP contribution in [-0.4, -0.2) is 31.8 Å². The summed E-state index contributed by atoms with van der Waals surface area (Å²) < 4.78 is 18.1. The molecule has 98 heavy (non-hydrogen) atoms. The van der Waals surface area contributed by atoms with E-state index in [0.29, 0.717) is 0 Å². The summed E-state index contributed by atoms with van der Waals surface area (Å²) in [5.41, 5.74) is 24.1. The number of pyridine rings is 2. The molecule has 15 heteroatoms. The maximum absolute atomic E-state index is 4.95. The molecule has 12 aromatic carbocycles. The number of rotatable bonds is 16. The average Bonchev–Trinajstić information content (AvgIpc) is 1.70. The lowest BCUT2D eigenvalue weighted by Gasteiger charge is -2.25. The van der Waals surface area contributed by atoms with Gasteiger partial charge in [0.05, 0.1) is 34.8 Å². The minimum Gasteiger partial charge on any atom is -0.311 e. The number of para-hydroxylation sites is 8. The molecular formula is C83H59Cl3N10S2. The van der Waals surface area contributed by atoms with Crippen LogP contribution in [0, 0.1) is 0 Å². The first-order valence-corrected chi connectivity index (χ1v) is 34.3. The molecule has 0 atom stereocenters. The standard InChI is InChI=1S/2C41H29N5S.CHCl3/c2*1-5-13-32(14-6-1)45(33-15-7-2-8-16-33)36-25-21-30(22-26-36)38-29-42-39(41-40(38)43-47-44-41)31-23-27-37(28-24-31)46(34-17-9-3-10-18-34)35-19-11-4-12-20-35;2-1(3)4/h2*1-29H;1H. The first-order chi connectivity index (χ1) is 48.4. The Morgan fingerprint density at radius 3 is 0.592 bits per heavy atom. The highest BCUT2D eigenvalue weighted by molar-refractivity contribution is 7.00. The van der Waals surface area contributed by atoms with Crippen molar-refractivity contribution in [2.24, 2.45) is 0 Å². The second-order valence-corrected chi connectivity index (χ2v) is 25.5. The van der Waals surface area contributed by atoms with Gasteiger partial charge in [-0.15, -0.1) is 0 Å². The molecule has 0 N–H and O–H groups in total. The number of anilines is 12. The zero-order valence-corrected chi connectivity index (χ0v) is 56.4. The quantitative estimate of drug-likeness (QED) is 0.0871. The van der Waals surface area contributed by atoms with Crippen LogP contribution in [0.4, 0.5) is 68.2 Å². The van der Waals surface area contributed by atoms with Crippen molar-refractivity contribution in [3.8, 4) is 44.8 Å². The van der Waals surface area contributed by atoms with E-state index in [4.69, 9.17) is 62.3 Å². The van der Waals surface area contributed by atoms with Gasteiger partial charge in [0.25, 0.3) is 0 Å². The van der Waals surface area contributed by atoms with Gasteiger partial charge in [-0.05, 0) is 157 Å². The fourth-order valence-corrected chi connectivity index (χ4v) is 13.0. The first kappa shape index (κ1) is 64.0. The molecule has 0 aliphatic rings. The van der Waals surface area contributed by atoms with E-state index in [1.54, 1.807) is 0 Å². The van der Waals surface area contributed by atoms with Gasteiger partial charge in [-0.3, -0.25) is 9.97 Å². The summed E-state index contributed by atoms with van der Waals surface area (Å²) in [6.45, 7) is 0. The number of aromatic nitrogens is 6. The van der Waals surface area contributed by atoms with Gasteiger partial charge in [-0.2, -0.15) is 17.5 Å². The smallest absolute Gasteiger partial charge is 0.180 e. The molecule has 16 rings (SSSR count). The Morgan fingerprint density at radius 2 is 0.388 bits per heavy atom. The maximum Gasteiger partial charge on any atom is 0.180 e. The van der Waals surface area contributed by atoms with Crippen LogP contribution in [0.15, 0.2) is 352 Å². The number of halogens is 3. The molecule has 0 saturated heterocycles. The van der Waals surface area contributed by atoms with Gasteiger partial charge in [0.1, 0.15) is 22.1 Å². The number of nitrogens with zero attached hydrogens (tertiary/aromatic N) is 10. The molecular weight excluding hydrogens is 1310 g/mol. The average molecular weight is 1370 g/mol. The Kier molecular flexibility index (Phi) is 20.0. The molecule has 0 bridgehead atoms. The Bertz CT molecular complexity index is 4360. The summed E-state index contributed by atoms with van der Waals surface area (Å²) in [7, 11) is 0. The first-order valence-electron chi connectivity index (χ1n) is 31.6. The Hall–Kier alpha value is -11.4. The van der Waals surface area contributed by atoms with E-state index in [1.165, 1.54) is 23.5 Å². The van der Waals surface area contributed by atoms with Gasteiger partial charge < -0.3 is 19.6 Å². The highest BCUT2D eigenvalue weighted by Crippen LogP contribution is 2.43. The van der Waals surface area contributed by atoms with Crippen molar-refractivity contribution in [2.75, 3.05) is 19.6 Å². The lowest BCUT2D eigenvalue weighted by molar-refractivity contribution is 1.28. The van der Waals surface area contributed by atoms with Crippen LogP contribution in [0.5, 0.6) is 0 Å². The third-order valence-corrected chi connectivity index (χ3v) is 17.4. The SMILES string of the molecule is ClC(Cl)Cl.c1ccc(N(c2ccccc2)c2ccc(-c3cnc(-c4ccc(N(c5ccccc5)c5ccccc5)cc4)c4nsnc34)cc2)cc1.c1ccc(N(c2ccccc2)c2ccc(-c3cnc(-c4ccc(N(c5ccccc5)c5ccccc5)cc4)c4nsnc34)cc2)cc1. The summed E-state index contributed by atoms with van der Waals surface area (Å²) in [5.74, 6) is 0. The van der Waals surface area contributed by atoms with E-state index in [-0.39, 0.29) is 0 Å². The predicted molar refractivity (Wildman–Crippen MR) is 412 cm³/mol. The summed E-state index contributed by atoms with van der Waals surface area (Å²) in [4.78, 5) is 18.9. The largest absolute Gasteiger partial charge is 0.311 e. The van der Waals surface area contributed by atoms with Gasteiger partial charge >= 0.3 is 0 Å². The number of fused-ring (bicyclic) bond motifs is 2. The zero-order valence-electron chi connectivity index (χ0n) is 52.5. The van der Waals surface area contributed by atoms with E-state index in [9.17, 15) is 0 Å². The van der Waals surface area contributed by atoms with Gasteiger partial charge in [-0.1, -0.05) is 229 Å². The summed E-state index contributed by atoms with van der Waals surface area (Å²) >= 11 is 16.9. The molecule has 4 heterocycles. The second-order valence-electron chi connectivity index (χ2n) is 22.4.